The van der Waals surface area contributed by atoms with Crippen molar-refractivity contribution in [3.8, 4) is 11.5 Å². The van der Waals surface area contributed by atoms with E-state index in [9.17, 15) is 0 Å². The van der Waals surface area contributed by atoms with Gasteiger partial charge in [0.1, 0.15) is 0 Å². The van der Waals surface area contributed by atoms with Crippen molar-refractivity contribution in [3.63, 3.8) is 0 Å². The van der Waals surface area contributed by atoms with E-state index < -0.39 is 0 Å². The third-order valence-corrected chi connectivity index (χ3v) is 3.12. The number of hydrogen-bond acceptors (Lipinski definition) is 4. The van der Waals surface area contributed by atoms with Crippen molar-refractivity contribution < 1.29 is 14.2 Å². The number of hydrogen-bond donors (Lipinski definition) is 1. The fraction of sp³-hybridized carbons (Fsp3) is 0.571. The fourth-order valence-electron chi connectivity index (χ4n) is 2.21. The van der Waals surface area contributed by atoms with E-state index in [4.69, 9.17) is 14.2 Å². The first-order chi connectivity index (χ1) is 8.55. The number of rotatable bonds is 3. The SMILES string of the molecule is COc1ccc(C2CNCC(C)(C)O2)cc1OC. The van der Waals surface area contributed by atoms with Crippen LogP contribution >= 0.6 is 0 Å². The molecular weight excluding hydrogens is 230 g/mol. The van der Waals surface area contributed by atoms with Crippen LogP contribution in [0.4, 0.5) is 0 Å². The smallest absolute Gasteiger partial charge is 0.161 e. The summed E-state index contributed by atoms with van der Waals surface area (Å²) in [5, 5.41) is 3.39. The monoisotopic (exact) mass is 251 g/mol. The third-order valence-electron chi connectivity index (χ3n) is 3.12. The van der Waals surface area contributed by atoms with Crippen LogP contribution in [-0.4, -0.2) is 32.9 Å². The lowest BCUT2D eigenvalue weighted by molar-refractivity contribution is -0.0959. The molecule has 100 valence electrons. The van der Waals surface area contributed by atoms with E-state index in [0.29, 0.717) is 0 Å². The quantitative estimate of drug-likeness (QED) is 0.893. The topological polar surface area (TPSA) is 39.7 Å². The summed E-state index contributed by atoms with van der Waals surface area (Å²) in [7, 11) is 3.28. The molecule has 1 unspecified atom stereocenters. The second-order valence-electron chi connectivity index (χ2n) is 5.11. The van der Waals surface area contributed by atoms with Gasteiger partial charge in [0.25, 0.3) is 0 Å². The molecule has 0 spiro atoms. The average molecular weight is 251 g/mol. The Hall–Kier alpha value is -1.26. The van der Waals surface area contributed by atoms with Gasteiger partial charge < -0.3 is 19.5 Å². The number of ether oxygens (including phenoxy) is 3. The predicted molar refractivity (Wildman–Crippen MR) is 70.3 cm³/mol. The summed E-state index contributed by atoms with van der Waals surface area (Å²) in [6.07, 6.45) is 0.0496. The molecule has 4 nitrogen and oxygen atoms in total. The van der Waals surface area contributed by atoms with Gasteiger partial charge in [0.2, 0.25) is 0 Å². The van der Waals surface area contributed by atoms with Crippen molar-refractivity contribution in [2.24, 2.45) is 0 Å². The summed E-state index contributed by atoms with van der Waals surface area (Å²) < 4.78 is 16.6. The molecule has 1 saturated heterocycles. The van der Waals surface area contributed by atoms with Gasteiger partial charge in [0, 0.05) is 13.1 Å². The maximum Gasteiger partial charge on any atom is 0.161 e. The van der Waals surface area contributed by atoms with Gasteiger partial charge in [-0.25, -0.2) is 0 Å². The highest BCUT2D eigenvalue weighted by Crippen LogP contribution is 2.33. The lowest BCUT2D eigenvalue weighted by Gasteiger charge is -2.37. The van der Waals surface area contributed by atoms with Crippen LogP contribution in [0.5, 0.6) is 11.5 Å². The maximum atomic E-state index is 6.07. The van der Waals surface area contributed by atoms with E-state index >= 15 is 0 Å². The first-order valence-electron chi connectivity index (χ1n) is 6.16. The van der Waals surface area contributed by atoms with E-state index in [1.54, 1.807) is 14.2 Å². The van der Waals surface area contributed by atoms with Gasteiger partial charge in [-0.3, -0.25) is 0 Å². The number of nitrogens with one attached hydrogen (secondary N) is 1. The van der Waals surface area contributed by atoms with Crippen molar-refractivity contribution in [1.29, 1.82) is 0 Å². The summed E-state index contributed by atoms with van der Waals surface area (Å²) in [5.41, 5.74) is 0.962. The number of methoxy groups -OCH3 is 2. The lowest BCUT2D eigenvalue weighted by Crippen LogP contribution is -2.46. The minimum absolute atomic E-state index is 0.0496. The molecule has 1 aromatic rings. The molecule has 2 rings (SSSR count). The van der Waals surface area contributed by atoms with Crippen LogP contribution in [0.15, 0.2) is 18.2 Å². The molecule has 1 heterocycles. The maximum absolute atomic E-state index is 6.07. The molecule has 0 radical (unpaired) electrons. The second-order valence-corrected chi connectivity index (χ2v) is 5.11. The molecule has 0 aliphatic carbocycles. The van der Waals surface area contributed by atoms with Gasteiger partial charge >= 0.3 is 0 Å². The normalized spacial score (nSPS) is 22.6. The van der Waals surface area contributed by atoms with Crippen LogP contribution in [0, 0.1) is 0 Å². The standard InChI is InChI=1S/C14H21NO3/c1-14(2)9-15-8-13(18-14)10-5-6-11(16-3)12(7-10)17-4/h5-7,13,15H,8-9H2,1-4H3. The van der Waals surface area contributed by atoms with Gasteiger partial charge in [-0.05, 0) is 31.5 Å². The fourth-order valence-corrected chi connectivity index (χ4v) is 2.21. The second kappa shape index (κ2) is 5.16. The zero-order chi connectivity index (χ0) is 13.2. The molecule has 0 bridgehead atoms. The predicted octanol–water partition coefficient (Wildman–Crippen LogP) is 2.14. The number of morpholine rings is 1. The lowest BCUT2D eigenvalue weighted by atomic mass is 10.0. The highest BCUT2D eigenvalue weighted by atomic mass is 16.5. The molecule has 1 aromatic carbocycles. The van der Waals surface area contributed by atoms with E-state index in [-0.39, 0.29) is 11.7 Å². The highest BCUT2D eigenvalue weighted by Gasteiger charge is 2.29. The van der Waals surface area contributed by atoms with Crippen molar-refractivity contribution >= 4 is 0 Å². The zero-order valence-corrected chi connectivity index (χ0v) is 11.4. The van der Waals surface area contributed by atoms with E-state index in [0.717, 1.165) is 30.2 Å². The van der Waals surface area contributed by atoms with E-state index in [1.807, 2.05) is 18.2 Å². The van der Waals surface area contributed by atoms with Gasteiger partial charge in [-0.1, -0.05) is 6.07 Å². The molecule has 0 saturated carbocycles. The Balaban J connectivity index is 2.23. The summed E-state index contributed by atoms with van der Waals surface area (Å²) in [6.45, 7) is 5.87. The minimum atomic E-state index is -0.143. The Morgan fingerprint density at radius 2 is 1.94 bits per heavy atom. The molecule has 1 fully saturated rings. The molecule has 18 heavy (non-hydrogen) atoms. The molecule has 1 aliphatic rings. The van der Waals surface area contributed by atoms with E-state index in [1.165, 1.54) is 0 Å². The Kier molecular flexibility index (Phi) is 3.78. The first kappa shape index (κ1) is 13.2. The van der Waals surface area contributed by atoms with Gasteiger partial charge in [0.05, 0.1) is 25.9 Å². The van der Waals surface area contributed by atoms with Crippen molar-refractivity contribution in [1.82, 2.24) is 5.32 Å². The molecule has 1 N–H and O–H groups in total. The Bertz CT molecular complexity index is 418. The van der Waals surface area contributed by atoms with Crippen LogP contribution in [0.3, 0.4) is 0 Å². The molecule has 0 amide bonds. The zero-order valence-electron chi connectivity index (χ0n) is 11.4. The molecule has 0 aromatic heterocycles. The average Bonchev–Trinajstić information content (AvgIpc) is 2.36. The summed E-state index contributed by atoms with van der Waals surface area (Å²) in [5.74, 6) is 1.48. The van der Waals surface area contributed by atoms with Crippen LogP contribution in [-0.2, 0) is 4.74 Å². The van der Waals surface area contributed by atoms with Crippen LogP contribution in [0.25, 0.3) is 0 Å². The van der Waals surface area contributed by atoms with Crippen LogP contribution < -0.4 is 14.8 Å². The van der Waals surface area contributed by atoms with E-state index in [2.05, 4.69) is 19.2 Å². The van der Waals surface area contributed by atoms with Gasteiger partial charge in [-0.15, -0.1) is 0 Å². The third kappa shape index (κ3) is 2.76. The molecule has 1 aliphatic heterocycles. The summed E-state index contributed by atoms with van der Waals surface area (Å²) in [6, 6.07) is 5.92. The van der Waals surface area contributed by atoms with Gasteiger partial charge in [-0.2, -0.15) is 0 Å². The Labute approximate surface area is 108 Å². The van der Waals surface area contributed by atoms with Crippen LogP contribution in [0.2, 0.25) is 0 Å². The summed E-state index contributed by atoms with van der Waals surface area (Å²) in [4.78, 5) is 0. The van der Waals surface area contributed by atoms with Crippen molar-refractivity contribution in [2.75, 3.05) is 27.3 Å². The van der Waals surface area contributed by atoms with Crippen LogP contribution in [0.1, 0.15) is 25.5 Å². The largest absolute Gasteiger partial charge is 0.493 e. The van der Waals surface area contributed by atoms with Gasteiger partial charge in [0.15, 0.2) is 11.5 Å². The highest BCUT2D eigenvalue weighted by molar-refractivity contribution is 5.43. The van der Waals surface area contributed by atoms with Crippen molar-refractivity contribution in [2.45, 2.75) is 25.6 Å². The number of benzene rings is 1. The molecule has 1 atom stereocenters. The minimum Gasteiger partial charge on any atom is -0.493 e. The Morgan fingerprint density at radius 1 is 1.22 bits per heavy atom. The summed E-state index contributed by atoms with van der Waals surface area (Å²) >= 11 is 0. The van der Waals surface area contributed by atoms with Crippen molar-refractivity contribution in [3.05, 3.63) is 23.8 Å². The first-order valence-corrected chi connectivity index (χ1v) is 6.16. The molecule has 4 heteroatoms. The molecular formula is C14H21NO3. The Morgan fingerprint density at radius 3 is 2.56 bits per heavy atom.